The highest BCUT2D eigenvalue weighted by atomic mass is 16.1. The molecule has 19 heavy (non-hydrogen) atoms. The molecule has 1 aromatic carbocycles. The maximum absolute atomic E-state index is 11.8. The maximum atomic E-state index is 11.8. The van der Waals surface area contributed by atoms with Crippen LogP contribution in [0.4, 0.5) is 11.4 Å². The Morgan fingerprint density at radius 3 is 2.68 bits per heavy atom. The zero-order valence-corrected chi connectivity index (χ0v) is 10.9. The topological polar surface area (TPSA) is 54.0 Å². The van der Waals surface area contributed by atoms with Gasteiger partial charge in [-0.05, 0) is 30.7 Å². The normalized spacial score (nSPS) is 9.95. The lowest BCUT2D eigenvalue weighted by Crippen LogP contribution is -2.24. The second-order valence-electron chi connectivity index (χ2n) is 4.18. The Morgan fingerprint density at radius 1 is 1.16 bits per heavy atom. The van der Waals surface area contributed by atoms with Crippen LogP contribution in [0, 0.1) is 0 Å². The highest BCUT2D eigenvalue weighted by Gasteiger charge is 2.06. The first-order chi connectivity index (χ1) is 9.29. The molecule has 0 radical (unpaired) electrons. The number of pyridine rings is 1. The van der Waals surface area contributed by atoms with Crippen molar-refractivity contribution < 1.29 is 4.79 Å². The molecule has 0 saturated heterocycles. The highest BCUT2D eigenvalue weighted by molar-refractivity contribution is 5.93. The van der Waals surface area contributed by atoms with Crippen LogP contribution in [-0.4, -0.2) is 17.4 Å². The number of amides is 1. The van der Waals surface area contributed by atoms with Crippen LogP contribution >= 0.6 is 0 Å². The third-order valence-corrected chi connectivity index (χ3v) is 2.59. The summed E-state index contributed by atoms with van der Waals surface area (Å²) in [6, 6.07) is 13.4. The lowest BCUT2D eigenvalue weighted by molar-refractivity contribution is 0.0949. The lowest BCUT2D eigenvalue weighted by Gasteiger charge is -2.08. The number of carbonyl (C=O) groups is 1. The largest absolute Gasteiger partial charge is 0.355 e. The van der Waals surface area contributed by atoms with Crippen LogP contribution in [-0.2, 0) is 0 Å². The molecular weight excluding hydrogens is 238 g/mol. The van der Waals surface area contributed by atoms with E-state index in [-0.39, 0.29) is 5.91 Å². The van der Waals surface area contributed by atoms with Gasteiger partial charge >= 0.3 is 0 Å². The molecule has 1 amide bonds. The summed E-state index contributed by atoms with van der Waals surface area (Å²) in [6.45, 7) is 2.68. The van der Waals surface area contributed by atoms with Crippen LogP contribution in [0.3, 0.4) is 0 Å². The van der Waals surface area contributed by atoms with E-state index in [0.29, 0.717) is 12.2 Å². The summed E-state index contributed by atoms with van der Waals surface area (Å²) in [5.41, 5.74) is 2.26. The van der Waals surface area contributed by atoms with E-state index in [2.05, 4.69) is 15.6 Å². The molecule has 98 valence electrons. The molecule has 1 heterocycles. The molecular formula is C15H17N3O. The molecule has 0 atom stereocenters. The average Bonchev–Trinajstić information content (AvgIpc) is 2.46. The fourth-order valence-corrected chi connectivity index (χ4v) is 1.65. The molecule has 0 aliphatic rings. The van der Waals surface area contributed by atoms with Crippen LogP contribution in [0.1, 0.15) is 23.8 Å². The second-order valence-corrected chi connectivity index (χ2v) is 4.18. The van der Waals surface area contributed by atoms with E-state index in [1.165, 1.54) is 0 Å². The van der Waals surface area contributed by atoms with E-state index in [1.54, 1.807) is 12.3 Å². The third kappa shape index (κ3) is 3.81. The van der Waals surface area contributed by atoms with Crippen LogP contribution in [0.2, 0.25) is 0 Å². The van der Waals surface area contributed by atoms with E-state index in [0.717, 1.165) is 17.8 Å². The van der Waals surface area contributed by atoms with Gasteiger partial charge < -0.3 is 10.6 Å². The summed E-state index contributed by atoms with van der Waals surface area (Å²) in [7, 11) is 0. The molecule has 2 aromatic rings. The van der Waals surface area contributed by atoms with Crippen LogP contribution in [0.25, 0.3) is 0 Å². The van der Waals surface area contributed by atoms with Crippen molar-refractivity contribution in [3.8, 4) is 0 Å². The van der Waals surface area contributed by atoms with Crippen molar-refractivity contribution in [2.24, 2.45) is 0 Å². The van der Waals surface area contributed by atoms with Crippen molar-refractivity contribution in [1.29, 1.82) is 0 Å². The molecule has 4 nitrogen and oxygen atoms in total. The summed E-state index contributed by atoms with van der Waals surface area (Å²) in [5, 5.41) is 6.05. The van der Waals surface area contributed by atoms with Gasteiger partial charge in [0.1, 0.15) is 5.69 Å². The molecule has 2 N–H and O–H groups in total. The van der Waals surface area contributed by atoms with Crippen molar-refractivity contribution in [3.05, 3.63) is 54.4 Å². The van der Waals surface area contributed by atoms with E-state index in [9.17, 15) is 4.79 Å². The van der Waals surface area contributed by atoms with Crippen molar-refractivity contribution >= 4 is 17.3 Å². The van der Waals surface area contributed by atoms with Crippen molar-refractivity contribution in [2.75, 3.05) is 11.9 Å². The first-order valence-electron chi connectivity index (χ1n) is 6.36. The van der Waals surface area contributed by atoms with E-state index in [4.69, 9.17) is 0 Å². The van der Waals surface area contributed by atoms with Gasteiger partial charge in [0.15, 0.2) is 0 Å². The number of nitrogens with zero attached hydrogens (tertiary/aromatic N) is 1. The Bertz CT molecular complexity index is 540. The molecule has 0 fully saturated rings. The van der Waals surface area contributed by atoms with Gasteiger partial charge in [-0.2, -0.15) is 0 Å². The van der Waals surface area contributed by atoms with E-state index >= 15 is 0 Å². The first-order valence-corrected chi connectivity index (χ1v) is 6.36. The van der Waals surface area contributed by atoms with Gasteiger partial charge in [-0.25, -0.2) is 0 Å². The number of anilines is 2. The van der Waals surface area contributed by atoms with Gasteiger partial charge in [0, 0.05) is 24.1 Å². The minimum Gasteiger partial charge on any atom is -0.355 e. The Morgan fingerprint density at radius 2 is 1.95 bits per heavy atom. The zero-order valence-electron chi connectivity index (χ0n) is 10.9. The van der Waals surface area contributed by atoms with Crippen LogP contribution < -0.4 is 10.6 Å². The van der Waals surface area contributed by atoms with Gasteiger partial charge in [0.25, 0.3) is 5.91 Å². The number of rotatable bonds is 5. The molecule has 1 aromatic heterocycles. The number of aromatic nitrogens is 1. The number of hydrogen-bond acceptors (Lipinski definition) is 3. The minimum atomic E-state index is -0.140. The van der Waals surface area contributed by atoms with Gasteiger partial charge in [-0.1, -0.05) is 25.1 Å². The Balaban J connectivity index is 2.09. The van der Waals surface area contributed by atoms with Crippen LogP contribution in [0.15, 0.2) is 48.7 Å². The van der Waals surface area contributed by atoms with Crippen molar-refractivity contribution in [2.45, 2.75) is 13.3 Å². The molecule has 0 spiro atoms. The Kier molecular flexibility index (Phi) is 4.50. The molecule has 2 rings (SSSR count). The molecule has 0 aliphatic carbocycles. The SMILES string of the molecule is CCCNC(=O)c1cc(Nc2ccccc2)ccn1. The van der Waals surface area contributed by atoms with Crippen molar-refractivity contribution in [1.82, 2.24) is 10.3 Å². The number of nitrogens with one attached hydrogen (secondary N) is 2. The maximum Gasteiger partial charge on any atom is 0.269 e. The highest BCUT2D eigenvalue weighted by Crippen LogP contribution is 2.15. The lowest BCUT2D eigenvalue weighted by atomic mass is 10.2. The zero-order chi connectivity index (χ0) is 13.5. The predicted molar refractivity (Wildman–Crippen MR) is 76.6 cm³/mol. The minimum absolute atomic E-state index is 0.140. The summed E-state index contributed by atoms with van der Waals surface area (Å²) < 4.78 is 0. The summed E-state index contributed by atoms with van der Waals surface area (Å²) in [6.07, 6.45) is 2.54. The Hall–Kier alpha value is -2.36. The summed E-state index contributed by atoms with van der Waals surface area (Å²) in [4.78, 5) is 15.9. The Labute approximate surface area is 112 Å². The number of carbonyl (C=O) groups excluding carboxylic acids is 1. The second kappa shape index (κ2) is 6.54. The van der Waals surface area contributed by atoms with E-state index in [1.807, 2.05) is 43.3 Å². The third-order valence-electron chi connectivity index (χ3n) is 2.59. The monoisotopic (exact) mass is 255 g/mol. The number of benzene rings is 1. The molecule has 0 unspecified atom stereocenters. The predicted octanol–water partition coefficient (Wildman–Crippen LogP) is 2.97. The fraction of sp³-hybridized carbons (Fsp3) is 0.200. The van der Waals surface area contributed by atoms with Gasteiger partial charge in [-0.15, -0.1) is 0 Å². The number of hydrogen-bond donors (Lipinski definition) is 2. The van der Waals surface area contributed by atoms with Gasteiger partial charge in [-0.3, -0.25) is 9.78 Å². The molecule has 4 heteroatoms. The molecule has 0 bridgehead atoms. The van der Waals surface area contributed by atoms with Gasteiger partial charge in [0.2, 0.25) is 0 Å². The molecule has 0 aliphatic heterocycles. The van der Waals surface area contributed by atoms with Crippen LogP contribution in [0.5, 0.6) is 0 Å². The summed E-state index contributed by atoms with van der Waals surface area (Å²) in [5.74, 6) is -0.140. The standard InChI is InChI=1S/C15H17N3O/c1-2-9-17-15(19)14-11-13(8-10-16-14)18-12-6-4-3-5-7-12/h3-8,10-11H,2,9H2,1H3,(H,16,18)(H,17,19). The fourth-order valence-electron chi connectivity index (χ4n) is 1.65. The smallest absolute Gasteiger partial charge is 0.269 e. The quantitative estimate of drug-likeness (QED) is 0.863. The van der Waals surface area contributed by atoms with E-state index < -0.39 is 0 Å². The molecule has 0 saturated carbocycles. The first kappa shape index (κ1) is 13.1. The van der Waals surface area contributed by atoms with Gasteiger partial charge in [0.05, 0.1) is 0 Å². The summed E-state index contributed by atoms with van der Waals surface area (Å²) >= 11 is 0. The average molecular weight is 255 g/mol. The van der Waals surface area contributed by atoms with Crippen molar-refractivity contribution in [3.63, 3.8) is 0 Å². The number of para-hydroxylation sites is 1.